The molecule has 0 heterocycles. The van der Waals surface area contributed by atoms with E-state index in [1.165, 1.54) is 0 Å². The molecule has 0 fully saturated rings. The van der Waals surface area contributed by atoms with Gasteiger partial charge in [0.15, 0.2) is 0 Å². The standard InChI is InChI=1S/C11H18O/c1-8(2)10(5)7-11(12-6)9(3)4/h7-8H,3,5H2,1-2,4,6H3/b11-7-. The van der Waals surface area contributed by atoms with E-state index in [0.29, 0.717) is 5.92 Å². The second-order valence-electron chi connectivity index (χ2n) is 3.22. The van der Waals surface area contributed by atoms with Crippen LogP contribution in [0.2, 0.25) is 0 Å². The summed E-state index contributed by atoms with van der Waals surface area (Å²) in [5.74, 6) is 1.27. The quantitative estimate of drug-likeness (QED) is 0.460. The Balaban J connectivity index is 4.49. The van der Waals surface area contributed by atoms with Crippen LogP contribution in [-0.4, -0.2) is 7.11 Å². The van der Waals surface area contributed by atoms with Gasteiger partial charge in [-0.2, -0.15) is 0 Å². The summed E-state index contributed by atoms with van der Waals surface area (Å²) in [6.45, 7) is 13.9. The van der Waals surface area contributed by atoms with Crippen LogP contribution >= 0.6 is 0 Å². The van der Waals surface area contributed by atoms with E-state index in [2.05, 4.69) is 27.0 Å². The van der Waals surface area contributed by atoms with Crippen LogP contribution in [0.4, 0.5) is 0 Å². The highest BCUT2D eigenvalue weighted by molar-refractivity contribution is 5.29. The molecule has 68 valence electrons. The average Bonchev–Trinajstić information content (AvgIpc) is 1.98. The third kappa shape index (κ3) is 3.42. The number of ether oxygens (including phenoxy) is 1. The smallest absolute Gasteiger partial charge is 0.121 e. The summed E-state index contributed by atoms with van der Waals surface area (Å²) >= 11 is 0. The fourth-order valence-corrected chi connectivity index (χ4v) is 0.691. The molecule has 0 aromatic heterocycles. The summed E-state index contributed by atoms with van der Waals surface area (Å²) in [4.78, 5) is 0. The van der Waals surface area contributed by atoms with Crippen LogP contribution in [0.15, 0.2) is 36.1 Å². The van der Waals surface area contributed by atoms with Crippen molar-refractivity contribution >= 4 is 0 Å². The van der Waals surface area contributed by atoms with Crippen molar-refractivity contribution in [3.05, 3.63) is 36.1 Å². The topological polar surface area (TPSA) is 9.23 Å². The second kappa shape index (κ2) is 4.81. The van der Waals surface area contributed by atoms with Crippen molar-refractivity contribution < 1.29 is 4.74 Å². The zero-order chi connectivity index (χ0) is 9.72. The molecule has 1 nitrogen and oxygen atoms in total. The Kier molecular flexibility index (Phi) is 4.42. The lowest BCUT2D eigenvalue weighted by atomic mass is 10.0. The predicted molar refractivity (Wildman–Crippen MR) is 53.9 cm³/mol. The van der Waals surface area contributed by atoms with Gasteiger partial charge in [0.05, 0.1) is 7.11 Å². The van der Waals surface area contributed by atoms with Crippen molar-refractivity contribution in [3.8, 4) is 0 Å². The van der Waals surface area contributed by atoms with Crippen LogP contribution in [0.25, 0.3) is 0 Å². The fourth-order valence-electron chi connectivity index (χ4n) is 0.691. The van der Waals surface area contributed by atoms with Gasteiger partial charge in [-0.05, 0) is 30.1 Å². The van der Waals surface area contributed by atoms with Gasteiger partial charge in [-0.25, -0.2) is 0 Å². The van der Waals surface area contributed by atoms with Gasteiger partial charge in [0.1, 0.15) is 5.76 Å². The Labute approximate surface area is 75.4 Å². The van der Waals surface area contributed by atoms with E-state index in [0.717, 1.165) is 16.9 Å². The first-order valence-corrected chi connectivity index (χ1v) is 4.09. The van der Waals surface area contributed by atoms with E-state index in [4.69, 9.17) is 4.74 Å². The highest BCUT2D eigenvalue weighted by atomic mass is 16.5. The molecule has 0 unspecified atom stereocenters. The van der Waals surface area contributed by atoms with Crippen molar-refractivity contribution in [2.75, 3.05) is 7.11 Å². The van der Waals surface area contributed by atoms with Gasteiger partial charge in [0.2, 0.25) is 0 Å². The number of methoxy groups -OCH3 is 1. The highest BCUT2D eigenvalue weighted by Gasteiger charge is 2.01. The monoisotopic (exact) mass is 166 g/mol. The van der Waals surface area contributed by atoms with Gasteiger partial charge in [-0.15, -0.1) is 0 Å². The average molecular weight is 166 g/mol. The summed E-state index contributed by atoms with van der Waals surface area (Å²) in [6, 6.07) is 0. The molecule has 1 heteroatoms. The maximum Gasteiger partial charge on any atom is 0.121 e. The Bertz CT molecular complexity index is 209. The maximum atomic E-state index is 5.13. The molecule has 0 saturated carbocycles. The van der Waals surface area contributed by atoms with Crippen molar-refractivity contribution in [2.45, 2.75) is 20.8 Å². The minimum atomic E-state index is 0.453. The summed E-state index contributed by atoms with van der Waals surface area (Å²) in [5.41, 5.74) is 1.99. The third-order valence-corrected chi connectivity index (χ3v) is 1.70. The third-order valence-electron chi connectivity index (χ3n) is 1.70. The molecule has 0 aliphatic carbocycles. The van der Waals surface area contributed by atoms with E-state index in [1.807, 2.05) is 13.0 Å². The first-order chi connectivity index (χ1) is 5.49. The van der Waals surface area contributed by atoms with Crippen molar-refractivity contribution in [2.24, 2.45) is 5.92 Å². The van der Waals surface area contributed by atoms with Gasteiger partial charge in [-0.1, -0.05) is 27.0 Å². The second-order valence-corrected chi connectivity index (χ2v) is 3.22. The molecule has 0 aliphatic heterocycles. The maximum absolute atomic E-state index is 5.13. The molecule has 0 radical (unpaired) electrons. The SMILES string of the molecule is C=C(C)/C(=C/C(=C)C(C)C)OC. The van der Waals surface area contributed by atoms with Gasteiger partial charge in [0, 0.05) is 0 Å². The number of allylic oxidation sites excluding steroid dienone is 3. The minimum absolute atomic E-state index is 0.453. The molecule has 0 bridgehead atoms. The van der Waals surface area contributed by atoms with Gasteiger partial charge in [-0.3, -0.25) is 0 Å². The van der Waals surface area contributed by atoms with Crippen LogP contribution in [0.1, 0.15) is 20.8 Å². The summed E-state index contributed by atoms with van der Waals surface area (Å²) < 4.78 is 5.13. The summed E-state index contributed by atoms with van der Waals surface area (Å²) in [6.07, 6.45) is 1.94. The van der Waals surface area contributed by atoms with Crippen molar-refractivity contribution in [1.29, 1.82) is 0 Å². The predicted octanol–water partition coefficient (Wildman–Crippen LogP) is 3.31. The van der Waals surface area contributed by atoms with E-state index in [9.17, 15) is 0 Å². The molecule has 0 rings (SSSR count). The normalized spacial score (nSPS) is 11.6. The van der Waals surface area contributed by atoms with Crippen LogP contribution in [-0.2, 0) is 4.74 Å². The van der Waals surface area contributed by atoms with Gasteiger partial charge in [0.25, 0.3) is 0 Å². The van der Waals surface area contributed by atoms with Crippen molar-refractivity contribution in [3.63, 3.8) is 0 Å². The Morgan fingerprint density at radius 1 is 1.33 bits per heavy atom. The number of rotatable bonds is 4. The molecule has 0 spiro atoms. The molecular weight excluding hydrogens is 148 g/mol. The lowest BCUT2D eigenvalue weighted by Crippen LogP contribution is -1.93. The molecule has 0 saturated heterocycles. The molecular formula is C11H18O. The largest absolute Gasteiger partial charge is 0.497 e. The Morgan fingerprint density at radius 3 is 2.08 bits per heavy atom. The molecule has 12 heavy (non-hydrogen) atoms. The molecule has 0 aromatic carbocycles. The van der Waals surface area contributed by atoms with E-state index in [1.54, 1.807) is 7.11 Å². The van der Waals surface area contributed by atoms with Crippen LogP contribution in [0, 0.1) is 5.92 Å². The van der Waals surface area contributed by atoms with E-state index < -0.39 is 0 Å². The van der Waals surface area contributed by atoms with Gasteiger partial charge < -0.3 is 4.74 Å². The molecule has 0 aromatic rings. The van der Waals surface area contributed by atoms with Crippen molar-refractivity contribution in [1.82, 2.24) is 0 Å². The molecule has 0 aliphatic rings. The van der Waals surface area contributed by atoms with Crippen LogP contribution in [0.3, 0.4) is 0 Å². The fraction of sp³-hybridized carbons (Fsp3) is 0.455. The van der Waals surface area contributed by atoms with Crippen LogP contribution in [0.5, 0.6) is 0 Å². The zero-order valence-corrected chi connectivity index (χ0v) is 8.48. The number of hydrogen-bond donors (Lipinski definition) is 0. The van der Waals surface area contributed by atoms with Gasteiger partial charge >= 0.3 is 0 Å². The molecule has 0 N–H and O–H groups in total. The highest BCUT2D eigenvalue weighted by Crippen LogP contribution is 2.15. The lowest BCUT2D eigenvalue weighted by molar-refractivity contribution is 0.300. The lowest BCUT2D eigenvalue weighted by Gasteiger charge is -2.08. The Morgan fingerprint density at radius 2 is 1.83 bits per heavy atom. The minimum Gasteiger partial charge on any atom is -0.497 e. The molecule has 0 amide bonds. The summed E-state index contributed by atoms with van der Waals surface area (Å²) in [7, 11) is 1.65. The van der Waals surface area contributed by atoms with Crippen LogP contribution < -0.4 is 0 Å². The van der Waals surface area contributed by atoms with E-state index >= 15 is 0 Å². The first kappa shape index (κ1) is 11.0. The number of hydrogen-bond acceptors (Lipinski definition) is 1. The Hall–Kier alpha value is -0.980. The molecule has 0 atom stereocenters. The summed E-state index contributed by atoms with van der Waals surface area (Å²) in [5, 5.41) is 0. The first-order valence-electron chi connectivity index (χ1n) is 4.09. The zero-order valence-electron chi connectivity index (χ0n) is 8.48. The van der Waals surface area contributed by atoms with E-state index in [-0.39, 0.29) is 0 Å².